The molecule has 0 aliphatic rings. The van der Waals surface area contributed by atoms with Gasteiger partial charge >= 0.3 is 5.97 Å². The van der Waals surface area contributed by atoms with E-state index < -0.39 is 17.9 Å². The van der Waals surface area contributed by atoms with Gasteiger partial charge in [0.05, 0.1) is 13.2 Å². The molecule has 0 spiro atoms. The number of carboxylic acids is 1. The summed E-state index contributed by atoms with van der Waals surface area (Å²) in [4.78, 5) is 27.1. The van der Waals surface area contributed by atoms with Gasteiger partial charge in [-0.05, 0) is 43.3 Å². The van der Waals surface area contributed by atoms with Gasteiger partial charge in [0.2, 0.25) is 0 Å². The largest absolute Gasteiger partial charge is 0.497 e. The highest BCUT2D eigenvalue weighted by molar-refractivity contribution is 5.92. The van der Waals surface area contributed by atoms with Crippen molar-refractivity contribution in [1.29, 1.82) is 0 Å². The van der Waals surface area contributed by atoms with Crippen molar-refractivity contribution in [2.45, 2.75) is 19.4 Å². The average Bonchev–Trinajstić information content (AvgIpc) is 3.31. The monoisotopic (exact) mass is 370 g/mol. The van der Waals surface area contributed by atoms with Gasteiger partial charge in [-0.25, -0.2) is 4.98 Å². The second-order valence-electron chi connectivity index (χ2n) is 5.80. The van der Waals surface area contributed by atoms with Crippen molar-refractivity contribution < 1.29 is 23.8 Å². The highest BCUT2D eigenvalue weighted by Gasteiger charge is 2.19. The molecule has 9 nitrogen and oxygen atoms in total. The molecule has 1 amide bonds. The Kier molecular flexibility index (Phi) is 5.20. The number of ether oxygens (including phenoxy) is 1. The first-order valence-corrected chi connectivity index (χ1v) is 8.14. The number of benzene rings is 1. The fraction of sp³-hybridized carbons (Fsp3) is 0.222. The van der Waals surface area contributed by atoms with Crippen molar-refractivity contribution in [3.8, 4) is 17.1 Å². The standard InChI is InChI=1S/C18H18N4O5/c1-10(17-20-15(21-22-17)9-16(23)24)19-18(25)14-8-7-13(27-14)11-3-5-12(26-2)6-4-11/h3-8,10H,9H2,1-2H3,(H,19,25)(H,23,24)(H,20,21,22). The Hall–Kier alpha value is -3.62. The Morgan fingerprint density at radius 1 is 1.26 bits per heavy atom. The van der Waals surface area contributed by atoms with Crippen molar-refractivity contribution in [2.24, 2.45) is 0 Å². The Labute approximate surface area is 154 Å². The predicted octanol–water partition coefficient (Wildman–Crippen LogP) is 2.19. The second-order valence-corrected chi connectivity index (χ2v) is 5.80. The normalized spacial score (nSPS) is 11.8. The van der Waals surface area contributed by atoms with Gasteiger partial charge in [-0.15, -0.1) is 0 Å². The maximum absolute atomic E-state index is 12.4. The molecule has 0 aliphatic heterocycles. The Bertz CT molecular complexity index is 945. The Balaban J connectivity index is 1.66. The number of H-pyrrole nitrogens is 1. The summed E-state index contributed by atoms with van der Waals surface area (Å²) in [7, 11) is 1.59. The number of aliphatic carboxylic acids is 1. The molecule has 2 aromatic heterocycles. The van der Waals surface area contributed by atoms with E-state index in [0.717, 1.165) is 11.3 Å². The smallest absolute Gasteiger partial charge is 0.311 e. The average molecular weight is 370 g/mol. The summed E-state index contributed by atoms with van der Waals surface area (Å²) in [5.74, 6) is 0.500. The summed E-state index contributed by atoms with van der Waals surface area (Å²) >= 11 is 0. The molecular formula is C18H18N4O5. The number of carboxylic acid groups (broad SMARTS) is 1. The van der Waals surface area contributed by atoms with E-state index in [2.05, 4.69) is 20.5 Å². The van der Waals surface area contributed by atoms with E-state index in [9.17, 15) is 9.59 Å². The van der Waals surface area contributed by atoms with Gasteiger partial charge in [0, 0.05) is 5.56 Å². The van der Waals surface area contributed by atoms with Gasteiger partial charge in [0.1, 0.15) is 23.8 Å². The zero-order valence-electron chi connectivity index (χ0n) is 14.7. The van der Waals surface area contributed by atoms with Gasteiger partial charge in [0.25, 0.3) is 5.91 Å². The molecule has 140 valence electrons. The van der Waals surface area contributed by atoms with Gasteiger partial charge in [-0.3, -0.25) is 14.7 Å². The molecule has 2 heterocycles. The summed E-state index contributed by atoms with van der Waals surface area (Å²) in [6, 6.07) is 10.0. The fourth-order valence-corrected chi connectivity index (χ4v) is 2.43. The molecule has 9 heteroatoms. The third kappa shape index (κ3) is 4.32. The number of rotatable bonds is 7. The molecule has 0 radical (unpaired) electrons. The number of aromatic nitrogens is 3. The molecular weight excluding hydrogens is 352 g/mol. The number of aromatic amines is 1. The van der Waals surface area contributed by atoms with E-state index in [1.165, 1.54) is 0 Å². The van der Waals surface area contributed by atoms with E-state index in [0.29, 0.717) is 11.6 Å². The maximum Gasteiger partial charge on any atom is 0.311 e. The molecule has 1 unspecified atom stereocenters. The van der Waals surface area contributed by atoms with Crippen LogP contribution in [0.2, 0.25) is 0 Å². The number of hydrogen-bond acceptors (Lipinski definition) is 6. The van der Waals surface area contributed by atoms with Crippen LogP contribution in [0.3, 0.4) is 0 Å². The van der Waals surface area contributed by atoms with Crippen molar-refractivity contribution in [3.05, 3.63) is 53.8 Å². The Morgan fingerprint density at radius 3 is 2.67 bits per heavy atom. The highest BCUT2D eigenvalue weighted by atomic mass is 16.5. The van der Waals surface area contributed by atoms with Crippen LogP contribution in [0.25, 0.3) is 11.3 Å². The first kappa shape index (κ1) is 18.2. The van der Waals surface area contributed by atoms with Crippen molar-refractivity contribution in [2.75, 3.05) is 7.11 Å². The molecule has 3 N–H and O–H groups in total. The Morgan fingerprint density at radius 2 is 2.00 bits per heavy atom. The summed E-state index contributed by atoms with van der Waals surface area (Å²) in [6.07, 6.45) is -0.267. The van der Waals surface area contributed by atoms with Crippen molar-refractivity contribution >= 4 is 11.9 Å². The van der Waals surface area contributed by atoms with Crippen molar-refractivity contribution in [1.82, 2.24) is 20.5 Å². The number of nitrogens with one attached hydrogen (secondary N) is 2. The third-order valence-corrected chi connectivity index (χ3v) is 3.81. The topological polar surface area (TPSA) is 130 Å². The quantitative estimate of drug-likeness (QED) is 0.581. The molecule has 3 rings (SSSR count). The number of furan rings is 1. The fourth-order valence-electron chi connectivity index (χ4n) is 2.43. The van der Waals surface area contributed by atoms with Crippen molar-refractivity contribution in [3.63, 3.8) is 0 Å². The zero-order valence-corrected chi connectivity index (χ0v) is 14.7. The summed E-state index contributed by atoms with van der Waals surface area (Å²) < 4.78 is 10.7. The van der Waals surface area contributed by atoms with Crippen LogP contribution in [0.15, 0.2) is 40.8 Å². The van der Waals surface area contributed by atoms with Crippen LogP contribution in [-0.4, -0.2) is 39.3 Å². The summed E-state index contributed by atoms with van der Waals surface area (Å²) in [5.41, 5.74) is 0.815. The maximum atomic E-state index is 12.4. The summed E-state index contributed by atoms with van der Waals surface area (Å²) in [5, 5.41) is 17.9. The number of hydrogen-bond donors (Lipinski definition) is 3. The van der Waals surface area contributed by atoms with Crippen LogP contribution >= 0.6 is 0 Å². The van der Waals surface area contributed by atoms with E-state index in [1.807, 2.05) is 12.1 Å². The molecule has 0 fully saturated rings. The minimum absolute atomic E-state index is 0.147. The van der Waals surface area contributed by atoms with Crippen LogP contribution in [0, 0.1) is 0 Å². The van der Waals surface area contributed by atoms with Gasteiger partial charge < -0.3 is 19.6 Å². The number of amides is 1. The van der Waals surface area contributed by atoms with Crippen LogP contribution in [-0.2, 0) is 11.2 Å². The molecule has 0 saturated carbocycles. The van der Waals surface area contributed by atoms with Gasteiger partial charge in [-0.2, -0.15) is 5.10 Å². The zero-order chi connectivity index (χ0) is 19.4. The van der Waals surface area contributed by atoms with E-state index >= 15 is 0 Å². The highest BCUT2D eigenvalue weighted by Crippen LogP contribution is 2.24. The number of carbonyl (C=O) groups excluding carboxylic acids is 1. The first-order chi connectivity index (χ1) is 13.0. The van der Waals surface area contributed by atoms with Gasteiger partial charge in [0.15, 0.2) is 11.6 Å². The minimum atomic E-state index is -1.02. The lowest BCUT2D eigenvalue weighted by atomic mass is 10.2. The second kappa shape index (κ2) is 7.73. The molecule has 1 aromatic carbocycles. The first-order valence-electron chi connectivity index (χ1n) is 8.14. The molecule has 3 aromatic rings. The predicted molar refractivity (Wildman–Crippen MR) is 94.3 cm³/mol. The lowest BCUT2D eigenvalue weighted by molar-refractivity contribution is -0.136. The van der Waals surface area contributed by atoms with Crippen LogP contribution < -0.4 is 10.1 Å². The van der Waals surface area contributed by atoms with E-state index in [1.54, 1.807) is 38.3 Å². The lowest BCUT2D eigenvalue weighted by Gasteiger charge is -2.08. The number of nitrogens with zero attached hydrogens (tertiary/aromatic N) is 2. The summed E-state index contributed by atoms with van der Waals surface area (Å²) in [6.45, 7) is 1.69. The van der Waals surface area contributed by atoms with E-state index in [4.69, 9.17) is 14.3 Å². The minimum Gasteiger partial charge on any atom is -0.497 e. The molecule has 0 bridgehead atoms. The lowest BCUT2D eigenvalue weighted by Crippen LogP contribution is -2.27. The molecule has 1 atom stereocenters. The third-order valence-electron chi connectivity index (χ3n) is 3.81. The SMILES string of the molecule is COc1ccc(-c2ccc(C(=O)NC(C)c3n[nH]c(CC(=O)O)n3)o2)cc1. The number of methoxy groups -OCH3 is 1. The van der Waals surface area contributed by atoms with Crippen LogP contribution in [0.5, 0.6) is 5.75 Å². The molecule has 27 heavy (non-hydrogen) atoms. The van der Waals surface area contributed by atoms with Crippen LogP contribution in [0.1, 0.15) is 35.2 Å². The van der Waals surface area contributed by atoms with E-state index in [-0.39, 0.29) is 18.0 Å². The number of carbonyl (C=O) groups is 2. The van der Waals surface area contributed by atoms with Gasteiger partial charge in [-0.1, -0.05) is 0 Å². The molecule has 0 aliphatic carbocycles. The van der Waals surface area contributed by atoms with Crippen LogP contribution in [0.4, 0.5) is 0 Å². The molecule has 0 saturated heterocycles.